The number of aromatic nitrogens is 5. The molecule has 3 aromatic heterocycles. The lowest BCUT2D eigenvalue weighted by molar-refractivity contribution is -0.118. The Morgan fingerprint density at radius 1 is 1.27 bits per heavy atom. The van der Waals surface area contributed by atoms with Gasteiger partial charge in [0.25, 0.3) is 5.91 Å². The molecule has 1 aliphatic rings. The summed E-state index contributed by atoms with van der Waals surface area (Å²) in [6.07, 6.45) is 3.96. The minimum atomic E-state index is -1.04. The number of carbonyl (C=O) groups excluding carboxylic acids is 1. The predicted molar refractivity (Wildman–Crippen MR) is 159 cm³/mol. The van der Waals surface area contributed by atoms with Crippen molar-refractivity contribution in [1.82, 2.24) is 29.2 Å². The SMILES string of the molecule is CN(C)CCOc1ccc(-c2cc(Cl)c3cn(C(C(=O)Nc4nccs4)c4ncn5c4C[C@@H](F)C5)nc3c2Cl)cc1. The first-order chi connectivity index (χ1) is 19.8. The van der Waals surface area contributed by atoms with E-state index in [1.807, 2.05) is 38.4 Å². The van der Waals surface area contributed by atoms with Crippen molar-refractivity contribution >= 4 is 56.5 Å². The zero-order valence-corrected chi connectivity index (χ0v) is 24.5. The van der Waals surface area contributed by atoms with E-state index in [1.165, 1.54) is 16.0 Å². The fraction of sp³-hybridized carbons (Fsp3) is 0.286. The first-order valence-electron chi connectivity index (χ1n) is 12.9. The fourth-order valence-electron chi connectivity index (χ4n) is 4.89. The van der Waals surface area contributed by atoms with Crippen molar-refractivity contribution in [3.05, 3.63) is 75.9 Å². The highest BCUT2D eigenvalue weighted by Crippen LogP contribution is 2.40. The van der Waals surface area contributed by atoms with Crippen molar-refractivity contribution in [2.24, 2.45) is 0 Å². The topological polar surface area (TPSA) is 90.1 Å². The second kappa shape index (κ2) is 11.4. The van der Waals surface area contributed by atoms with E-state index in [2.05, 4.69) is 20.2 Å². The third-order valence-corrected chi connectivity index (χ3v) is 8.28. The van der Waals surface area contributed by atoms with Gasteiger partial charge in [-0.1, -0.05) is 35.3 Å². The molecule has 2 aromatic carbocycles. The molecule has 0 saturated heterocycles. The molecule has 41 heavy (non-hydrogen) atoms. The highest BCUT2D eigenvalue weighted by molar-refractivity contribution is 7.13. The summed E-state index contributed by atoms with van der Waals surface area (Å²) in [5, 5.41) is 11.2. The summed E-state index contributed by atoms with van der Waals surface area (Å²) in [5.74, 6) is 0.342. The summed E-state index contributed by atoms with van der Waals surface area (Å²) >= 11 is 14.9. The van der Waals surface area contributed by atoms with Gasteiger partial charge in [-0.05, 0) is 37.9 Å². The van der Waals surface area contributed by atoms with Crippen LogP contribution in [-0.4, -0.2) is 68.5 Å². The molecule has 0 saturated carbocycles. The number of nitrogens with zero attached hydrogens (tertiary/aromatic N) is 6. The highest BCUT2D eigenvalue weighted by atomic mass is 35.5. The van der Waals surface area contributed by atoms with Crippen LogP contribution >= 0.6 is 34.5 Å². The van der Waals surface area contributed by atoms with Crippen molar-refractivity contribution in [2.75, 3.05) is 32.6 Å². The maximum absolute atomic E-state index is 14.3. The summed E-state index contributed by atoms with van der Waals surface area (Å²) in [4.78, 5) is 24.4. The number of nitrogens with one attached hydrogen (secondary N) is 1. The van der Waals surface area contributed by atoms with Crippen molar-refractivity contribution in [1.29, 1.82) is 0 Å². The molecule has 1 N–H and O–H groups in total. The van der Waals surface area contributed by atoms with E-state index in [1.54, 1.807) is 34.7 Å². The predicted octanol–water partition coefficient (Wildman–Crippen LogP) is 5.73. The number of thiazole rings is 1. The van der Waals surface area contributed by atoms with Gasteiger partial charge >= 0.3 is 0 Å². The van der Waals surface area contributed by atoms with Crippen molar-refractivity contribution < 1.29 is 13.9 Å². The molecule has 0 aliphatic carbocycles. The maximum Gasteiger partial charge on any atom is 0.257 e. The number of anilines is 1. The van der Waals surface area contributed by atoms with Crippen LogP contribution in [0.4, 0.5) is 9.52 Å². The average molecular weight is 615 g/mol. The second-order valence-corrected chi connectivity index (χ2v) is 11.7. The molecule has 1 unspecified atom stereocenters. The molecule has 1 aliphatic heterocycles. The van der Waals surface area contributed by atoms with Gasteiger partial charge in [0.2, 0.25) is 0 Å². The number of carbonyl (C=O) groups is 1. The summed E-state index contributed by atoms with van der Waals surface area (Å²) < 4.78 is 23.3. The Morgan fingerprint density at radius 2 is 2.07 bits per heavy atom. The third kappa shape index (κ3) is 5.54. The maximum atomic E-state index is 14.3. The molecule has 0 radical (unpaired) electrons. The van der Waals surface area contributed by atoms with Crippen LogP contribution in [0.15, 0.2) is 54.4 Å². The van der Waals surface area contributed by atoms with Crippen LogP contribution in [0.2, 0.25) is 10.0 Å². The Kier molecular flexibility index (Phi) is 7.69. The first kappa shape index (κ1) is 27.6. The number of hydrogen-bond acceptors (Lipinski definition) is 7. The molecule has 212 valence electrons. The Balaban J connectivity index is 1.37. The number of rotatable bonds is 9. The molecule has 0 bridgehead atoms. The van der Waals surface area contributed by atoms with Gasteiger partial charge in [0.1, 0.15) is 24.0 Å². The molecule has 2 atom stereocenters. The number of hydrogen-bond donors (Lipinski definition) is 1. The number of alkyl halides is 1. The molecule has 9 nitrogen and oxygen atoms in total. The molecular formula is C28H26Cl2FN7O2S. The second-order valence-electron chi connectivity index (χ2n) is 10.0. The number of amides is 1. The van der Waals surface area contributed by atoms with Crippen LogP contribution < -0.4 is 10.1 Å². The number of halogens is 3. The van der Waals surface area contributed by atoms with Gasteiger partial charge in [-0.15, -0.1) is 11.3 Å². The van der Waals surface area contributed by atoms with Gasteiger partial charge in [0, 0.05) is 47.4 Å². The Morgan fingerprint density at radius 3 is 2.80 bits per heavy atom. The molecule has 1 amide bonds. The van der Waals surface area contributed by atoms with E-state index in [0.717, 1.165) is 17.9 Å². The number of benzene rings is 2. The molecule has 4 heterocycles. The van der Waals surface area contributed by atoms with Crippen LogP contribution in [-0.2, 0) is 17.8 Å². The fourth-order valence-corrected chi connectivity index (χ4v) is 5.97. The summed E-state index contributed by atoms with van der Waals surface area (Å²) in [5.41, 5.74) is 3.05. The number of fused-ring (bicyclic) bond motifs is 2. The molecule has 13 heteroatoms. The van der Waals surface area contributed by atoms with Crippen molar-refractivity contribution in [3.8, 4) is 16.9 Å². The van der Waals surface area contributed by atoms with E-state index in [9.17, 15) is 9.18 Å². The van der Waals surface area contributed by atoms with Crippen LogP contribution in [0.5, 0.6) is 5.75 Å². The van der Waals surface area contributed by atoms with Gasteiger partial charge in [0.15, 0.2) is 11.2 Å². The molecular weight excluding hydrogens is 588 g/mol. The number of likely N-dealkylation sites (N-methyl/N-ethyl adjacent to an activating group) is 1. The Hall–Kier alpha value is -3.51. The number of imidazole rings is 1. The third-order valence-electron chi connectivity index (χ3n) is 6.90. The standard InChI is InChI=1S/C28H26Cl2FN7O2S/c1-36(2)8-9-40-18-5-3-16(4-6-18)19-12-21(29)20-14-38(35-24(20)23(19)30)26(27(39)34-28-32-7-10-41-28)25-22-11-17(31)13-37(22)15-33-25/h3-7,10,12,14-15,17,26H,8-9,11,13H2,1-2H3,(H,32,34,39)/t17-,26?/m1/s1. The minimum Gasteiger partial charge on any atom is -0.492 e. The summed E-state index contributed by atoms with van der Waals surface area (Å²) in [6.45, 7) is 1.58. The van der Waals surface area contributed by atoms with Gasteiger partial charge in [-0.25, -0.2) is 14.4 Å². The Labute approximate surface area is 249 Å². The molecule has 5 aromatic rings. The lowest BCUT2D eigenvalue weighted by Crippen LogP contribution is -2.28. The summed E-state index contributed by atoms with van der Waals surface area (Å²) in [6, 6.07) is 8.38. The average Bonchev–Trinajstić information content (AvgIpc) is 3.73. The lowest BCUT2D eigenvalue weighted by atomic mass is 10.0. The number of ether oxygens (including phenoxy) is 1. The van der Waals surface area contributed by atoms with Gasteiger partial charge in [-0.3, -0.25) is 14.8 Å². The minimum absolute atomic E-state index is 0.164. The molecule has 0 spiro atoms. The summed E-state index contributed by atoms with van der Waals surface area (Å²) in [7, 11) is 3.99. The molecule has 6 rings (SSSR count). The van der Waals surface area contributed by atoms with E-state index in [0.29, 0.717) is 49.6 Å². The lowest BCUT2D eigenvalue weighted by Gasteiger charge is -2.16. The smallest absolute Gasteiger partial charge is 0.257 e. The van der Waals surface area contributed by atoms with Crippen molar-refractivity contribution in [3.63, 3.8) is 0 Å². The van der Waals surface area contributed by atoms with Crippen LogP contribution in [0.3, 0.4) is 0 Å². The van der Waals surface area contributed by atoms with Crippen LogP contribution in [0, 0.1) is 0 Å². The van der Waals surface area contributed by atoms with Gasteiger partial charge in [0.05, 0.1) is 28.6 Å². The molecule has 0 fully saturated rings. The zero-order chi connectivity index (χ0) is 28.7. The van der Waals surface area contributed by atoms with Crippen LogP contribution in [0.1, 0.15) is 17.4 Å². The zero-order valence-electron chi connectivity index (χ0n) is 22.2. The first-order valence-corrected chi connectivity index (χ1v) is 14.5. The Bertz CT molecular complexity index is 1700. The highest BCUT2D eigenvalue weighted by Gasteiger charge is 2.34. The normalized spacial score (nSPS) is 15.4. The monoisotopic (exact) mass is 613 g/mol. The van der Waals surface area contributed by atoms with Gasteiger partial charge in [-0.2, -0.15) is 5.10 Å². The van der Waals surface area contributed by atoms with Crippen molar-refractivity contribution in [2.45, 2.75) is 25.2 Å². The van der Waals surface area contributed by atoms with E-state index in [4.69, 9.17) is 33.0 Å². The van der Waals surface area contributed by atoms with E-state index >= 15 is 0 Å². The van der Waals surface area contributed by atoms with E-state index in [-0.39, 0.29) is 13.0 Å². The van der Waals surface area contributed by atoms with Gasteiger partial charge < -0.3 is 14.2 Å². The van der Waals surface area contributed by atoms with E-state index < -0.39 is 18.1 Å². The van der Waals surface area contributed by atoms with Crippen LogP contribution in [0.25, 0.3) is 22.0 Å². The quantitative estimate of drug-likeness (QED) is 0.228. The largest absolute Gasteiger partial charge is 0.492 e.